The minimum Gasteiger partial charge on any atom is -0.325 e. The second kappa shape index (κ2) is 5.04. The molecule has 19 heavy (non-hydrogen) atoms. The van der Waals surface area contributed by atoms with Crippen molar-refractivity contribution in [3.8, 4) is 0 Å². The number of hydrogen-bond acceptors (Lipinski definition) is 4. The van der Waals surface area contributed by atoms with Gasteiger partial charge in [0.1, 0.15) is 11.6 Å². The fourth-order valence-electron chi connectivity index (χ4n) is 1.47. The van der Waals surface area contributed by atoms with Crippen LogP contribution in [0.1, 0.15) is 23.2 Å². The van der Waals surface area contributed by atoms with Crippen LogP contribution in [0.5, 0.6) is 0 Å². The van der Waals surface area contributed by atoms with E-state index in [1.54, 1.807) is 0 Å². The molecule has 1 fully saturated rings. The summed E-state index contributed by atoms with van der Waals surface area (Å²) >= 11 is 2.65. The van der Waals surface area contributed by atoms with Crippen LogP contribution in [0.25, 0.3) is 0 Å². The quantitative estimate of drug-likeness (QED) is 0.613. The number of halogens is 3. The topological polar surface area (TPSA) is 63.7 Å². The van der Waals surface area contributed by atoms with E-state index in [0.717, 1.165) is 12.1 Å². The molecule has 0 spiro atoms. The van der Waals surface area contributed by atoms with Crippen molar-refractivity contribution >= 4 is 33.7 Å². The Balaban J connectivity index is 2.21. The van der Waals surface area contributed by atoms with Gasteiger partial charge in [0.25, 0.3) is 11.8 Å². The maximum absolute atomic E-state index is 13.2. The SMILES string of the molecule is O=C(ON1C(=O)CCC1=O)c1cc(F)c(Br)c(F)c1. The van der Waals surface area contributed by atoms with Crippen molar-refractivity contribution in [3.63, 3.8) is 0 Å². The van der Waals surface area contributed by atoms with Gasteiger partial charge in [-0.1, -0.05) is 0 Å². The zero-order valence-electron chi connectivity index (χ0n) is 9.28. The molecule has 0 N–H and O–H groups in total. The molecule has 2 rings (SSSR count). The summed E-state index contributed by atoms with van der Waals surface area (Å²) in [5.74, 6) is -4.52. The summed E-state index contributed by atoms with van der Waals surface area (Å²) in [7, 11) is 0. The molecule has 8 heteroatoms. The van der Waals surface area contributed by atoms with Gasteiger partial charge in [-0.2, -0.15) is 0 Å². The lowest BCUT2D eigenvalue weighted by molar-refractivity contribution is -0.172. The highest BCUT2D eigenvalue weighted by Gasteiger charge is 2.33. The molecule has 1 aliphatic heterocycles. The largest absolute Gasteiger partial charge is 0.364 e. The van der Waals surface area contributed by atoms with Gasteiger partial charge in [-0.15, -0.1) is 5.06 Å². The zero-order valence-corrected chi connectivity index (χ0v) is 10.9. The Morgan fingerprint density at radius 2 is 1.63 bits per heavy atom. The third-order valence-electron chi connectivity index (χ3n) is 2.40. The Kier molecular flexibility index (Phi) is 3.61. The van der Waals surface area contributed by atoms with Gasteiger partial charge >= 0.3 is 5.97 Å². The highest BCUT2D eigenvalue weighted by atomic mass is 79.9. The molecule has 1 heterocycles. The molecular formula is C11H6BrF2NO4. The number of nitrogens with zero attached hydrogens (tertiary/aromatic N) is 1. The van der Waals surface area contributed by atoms with Crippen molar-refractivity contribution in [3.05, 3.63) is 33.8 Å². The van der Waals surface area contributed by atoms with Gasteiger partial charge in [0.2, 0.25) is 0 Å². The first-order valence-electron chi connectivity index (χ1n) is 5.13. The van der Waals surface area contributed by atoms with Crippen molar-refractivity contribution in [2.24, 2.45) is 0 Å². The van der Waals surface area contributed by atoms with Crippen molar-refractivity contribution < 1.29 is 28.0 Å². The molecule has 1 aromatic carbocycles. The molecule has 0 atom stereocenters. The summed E-state index contributed by atoms with van der Waals surface area (Å²) < 4.78 is 26.0. The Morgan fingerprint density at radius 3 is 2.11 bits per heavy atom. The van der Waals surface area contributed by atoms with E-state index in [0.29, 0.717) is 5.06 Å². The summed E-state index contributed by atoms with van der Waals surface area (Å²) in [5, 5.41) is 0.306. The number of carbonyl (C=O) groups excluding carboxylic acids is 3. The number of amides is 2. The van der Waals surface area contributed by atoms with E-state index in [-0.39, 0.29) is 12.8 Å². The minimum atomic E-state index is -1.19. The first kappa shape index (κ1) is 13.6. The van der Waals surface area contributed by atoms with Crippen LogP contribution in [0.15, 0.2) is 16.6 Å². The Morgan fingerprint density at radius 1 is 1.16 bits per heavy atom. The maximum atomic E-state index is 13.2. The third kappa shape index (κ3) is 2.62. The van der Waals surface area contributed by atoms with Gasteiger partial charge in [0.15, 0.2) is 0 Å². The molecule has 100 valence electrons. The van der Waals surface area contributed by atoms with Crippen LogP contribution in [0, 0.1) is 11.6 Å². The van der Waals surface area contributed by atoms with E-state index in [2.05, 4.69) is 20.8 Å². The lowest BCUT2D eigenvalue weighted by atomic mass is 10.2. The van der Waals surface area contributed by atoms with Crippen LogP contribution in [0.3, 0.4) is 0 Å². The Bertz CT molecular complexity index is 551. The molecule has 0 radical (unpaired) electrons. The summed E-state index contributed by atoms with van der Waals surface area (Å²) in [6.07, 6.45) is -0.121. The standard InChI is InChI=1S/C11H6BrF2NO4/c12-10-6(13)3-5(4-7(10)14)11(18)19-15-8(16)1-2-9(15)17/h3-4H,1-2H2. The fraction of sp³-hybridized carbons (Fsp3) is 0.182. The van der Waals surface area contributed by atoms with Crippen molar-refractivity contribution in [1.82, 2.24) is 5.06 Å². The summed E-state index contributed by atoms with van der Waals surface area (Å²) in [5.41, 5.74) is -0.439. The van der Waals surface area contributed by atoms with Crippen LogP contribution in [-0.2, 0) is 14.4 Å². The van der Waals surface area contributed by atoms with Crippen LogP contribution in [0.4, 0.5) is 8.78 Å². The predicted octanol–water partition coefficient (Wildman–Crippen LogP) is 1.95. The number of carbonyl (C=O) groups is 3. The van der Waals surface area contributed by atoms with E-state index in [1.165, 1.54) is 0 Å². The summed E-state index contributed by atoms with van der Waals surface area (Å²) in [6.45, 7) is 0. The maximum Gasteiger partial charge on any atom is 0.364 e. The molecule has 1 saturated heterocycles. The first-order valence-corrected chi connectivity index (χ1v) is 5.92. The zero-order chi connectivity index (χ0) is 14.2. The highest BCUT2D eigenvalue weighted by Crippen LogP contribution is 2.22. The smallest absolute Gasteiger partial charge is 0.325 e. The van der Waals surface area contributed by atoms with Crippen molar-refractivity contribution in [2.45, 2.75) is 12.8 Å². The van der Waals surface area contributed by atoms with Crippen LogP contribution in [0.2, 0.25) is 0 Å². The molecule has 0 saturated carbocycles. The first-order chi connectivity index (χ1) is 8.90. The average molecular weight is 334 g/mol. The van der Waals surface area contributed by atoms with E-state index in [4.69, 9.17) is 0 Å². The second-order valence-electron chi connectivity index (χ2n) is 3.71. The Hall–Kier alpha value is -1.83. The normalized spacial score (nSPS) is 15.0. The number of imide groups is 1. The van der Waals surface area contributed by atoms with E-state index in [1.807, 2.05) is 0 Å². The number of hydroxylamine groups is 2. The highest BCUT2D eigenvalue weighted by molar-refractivity contribution is 9.10. The molecule has 0 bridgehead atoms. The second-order valence-corrected chi connectivity index (χ2v) is 4.51. The van der Waals surface area contributed by atoms with E-state index in [9.17, 15) is 23.2 Å². The van der Waals surface area contributed by atoms with Crippen molar-refractivity contribution in [1.29, 1.82) is 0 Å². The van der Waals surface area contributed by atoms with Crippen LogP contribution < -0.4 is 0 Å². The monoisotopic (exact) mass is 333 g/mol. The molecule has 0 aromatic heterocycles. The number of hydrogen-bond donors (Lipinski definition) is 0. The minimum absolute atomic E-state index is 0.0603. The summed E-state index contributed by atoms with van der Waals surface area (Å²) in [6, 6.07) is 1.47. The number of rotatable bonds is 2. The van der Waals surface area contributed by atoms with Gasteiger partial charge in [-0.25, -0.2) is 13.6 Å². The Labute approximate surface area is 114 Å². The lowest BCUT2D eigenvalue weighted by Gasteiger charge is -2.12. The van der Waals surface area contributed by atoms with Crippen LogP contribution in [-0.4, -0.2) is 22.8 Å². The third-order valence-corrected chi connectivity index (χ3v) is 3.16. The van der Waals surface area contributed by atoms with Gasteiger partial charge in [0.05, 0.1) is 10.0 Å². The van der Waals surface area contributed by atoms with Gasteiger partial charge in [0, 0.05) is 12.8 Å². The molecule has 0 aliphatic carbocycles. The molecule has 5 nitrogen and oxygen atoms in total. The fourth-order valence-corrected chi connectivity index (χ4v) is 1.70. The number of benzene rings is 1. The molecular weight excluding hydrogens is 328 g/mol. The summed E-state index contributed by atoms with van der Waals surface area (Å²) in [4.78, 5) is 38.5. The van der Waals surface area contributed by atoms with Gasteiger partial charge < -0.3 is 4.84 Å². The van der Waals surface area contributed by atoms with E-state index >= 15 is 0 Å². The molecule has 2 amide bonds. The van der Waals surface area contributed by atoms with Gasteiger partial charge in [-0.3, -0.25) is 9.59 Å². The lowest BCUT2D eigenvalue weighted by Crippen LogP contribution is -2.32. The predicted molar refractivity (Wildman–Crippen MR) is 60.6 cm³/mol. The molecule has 1 aliphatic rings. The average Bonchev–Trinajstić information content (AvgIpc) is 2.67. The molecule has 0 unspecified atom stereocenters. The molecule has 1 aromatic rings. The van der Waals surface area contributed by atoms with Gasteiger partial charge in [-0.05, 0) is 28.1 Å². The van der Waals surface area contributed by atoms with Crippen LogP contribution >= 0.6 is 15.9 Å². The van der Waals surface area contributed by atoms with Crippen molar-refractivity contribution in [2.75, 3.05) is 0 Å². The van der Waals surface area contributed by atoms with E-state index < -0.39 is 39.5 Å².